The number of aliphatic hydroxyl groups is 1. The average Bonchev–Trinajstić information content (AvgIpc) is 1.83. The van der Waals surface area contributed by atoms with E-state index >= 15 is 0 Å². The Balaban J connectivity index is 4.48. The maximum Gasteiger partial charge on any atom is 0.217 e. The maximum absolute atomic E-state index is 11.2. The first-order chi connectivity index (χ1) is 5.57. The molecule has 0 aromatic rings. The van der Waals surface area contributed by atoms with E-state index in [2.05, 4.69) is 0 Å². The van der Waals surface area contributed by atoms with Crippen LogP contribution in [0.2, 0.25) is 0 Å². The van der Waals surface area contributed by atoms with E-state index in [0.717, 1.165) is 4.31 Å². The molecule has 80 valence electrons. The molecule has 0 radical (unpaired) electrons. The Morgan fingerprint density at radius 2 is 1.77 bits per heavy atom. The molecule has 0 fully saturated rings. The lowest BCUT2D eigenvalue weighted by molar-refractivity contribution is 0.200. The summed E-state index contributed by atoms with van der Waals surface area (Å²) in [5, 5.41) is 9.17. The van der Waals surface area contributed by atoms with Gasteiger partial charge in [0.2, 0.25) is 13.8 Å². The Hall–Kier alpha value is 0.740. The largest absolute Gasteiger partial charge is 0.388 e. The molecule has 0 spiro atoms. The number of nitrogens with zero attached hydrogens (tertiary/aromatic N) is 1. The standard InChI is InChI=1S/C5H10Cl3NO3S/c1-9(2)13(11,12)3-4(10)5(6,7)8/h4,10H,3H2,1-2H3. The Bertz CT molecular complexity index is 259. The Labute approximate surface area is 92.4 Å². The predicted octanol–water partition coefficient (Wildman–Crippen LogP) is 0.609. The van der Waals surface area contributed by atoms with Gasteiger partial charge in [0, 0.05) is 14.1 Å². The minimum absolute atomic E-state index is 0.615. The number of aliphatic hydroxyl groups excluding tert-OH is 1. The summed E-state index contributed by atoms with van der Waals surface area (Å²) in [4.78, 5) is 0. The van der Waals surface area contributed by atoms with E-state index in [-0.39, 0.29) is 0 Å². The first-order valence-electron chi connectivity index (χ1n) is 3.22. The average molecular weight is 271 g/mol. The Kier molecular flexibility index (Phi) is 4.76. The lowest BCUT2D eigenvalue weighted by Gasteiger charge is -2.20. The van der Waals surface area contributed by atoms with Crippen molar-refractivity contribution in [3.8, 4) is 0 Å². The van der Waals surface area contributed by atoms with E-state index < -0.39 is 25.7 Å². The normalized spacial score (nSPS) is 16.2. The van der Waals surface area contributed by atoms with Crippen molar-refractivity contribution >= 4 is 44.8 Å². The highest BCUT2D eigenvalue weighted by Gasteiger charge is 2.35. The Morgan fingerprint density at radius 3 is 2.00 bits per heavy atom. The molecule has 0 saturated carbocycles. The van der Waals surface area contributed by atoms with E-state index in [1.54, 1.807) is 0 Å². The fourth-order valence-electron chi connectivity index (χ4n) is 0.443. The molecular weight excluding hydrogens is 260 g/mol. The molecule has 0 aromatic carbocycles. The van der Waals surface area contributed by atoms with Crippen LogP contribution in [0.1, 0.15) is 0 Å². The van der Waals surface area contributed by atoms with Crippen LogP contribution in [0.15, 0.2) is 0 Å². The molecule has 0 heterocycles. The van der Waals surface area contributed by atoms with Gasteiger partial charge in [0.15, 0.2) is 0 Å². The molecule has 0 saturated heterocycles. The quantitative estimate of drug-likeness (QED) is 0.765. The van der Waals surface area contributed by atoms with Crippen molar-refractivity contribution in [2.24, 2.45) is 0 Å². The van der Waals surface area contributed by atoms with Crippen LogP contribution in [0.25, 0.3) is 0 Å². The van der Waals surface area contributed by atoms with Crippen LogP contribution in [-0.4, -0.2) is 47.6 Å². The van der Waals surface area contributed by atoms with Crippen molar-refractivity contribution in [3.05, 3.63) is 0 Å². The molecule has 0 rings (SSSR count). The van der Waals surface area contributed by atoms with Crippen molar-refractivity contribution in [1.29, 1.82) is 0 Å². The summed E-state index contributed by atoms with van der Waals surface area (Å²) in [5.74, 6) is -0.615. The summed E-state index contributed by atoms with van der Waals surface area (Å²) in [6, 6.07) is 0. The van der Waals surface area contributed by atoms with Crippen LogP contribution in [-0.2, 0) is 10.0 Å². The molecule has 8 heteroatoms. The second-order valence-corrected chi connectivity index (χ2v) is 7.21. The van der Waals surface area contributed by atoms with Crippen LogP contribution in [0, 0.1) is 0 Å². The van der Waals surface area contributed by atoms with Gasteiger partial charge in [-0.05, 0) is 0 Å². The van der Waals surface area contributed by atoms with Crippen molar-refractivity contribution in [2.45, 2.75) is 9.90 Å². The summed E-state index contributed by atoms with van der Waals surface area (Å²) in [6.45, 7) is 0. The fraction of sp³-hybridized carbons (Fsp3) is 1.00. The van der Waals surface area contributed by atoms with Crippen LogP contribution < -0.4 is 0 Å². The van der Waals surface area contributed by atoms with Crippen molar-refractivity contribution in [3.63, 3.8) is 0 Å². The number of alkyl halides is 3. The zero-order valence-corrected chi connectivity index (χ0v) is 10.1. The maximum atomic E-state index is 11.2. The van der Waals surface area contributed by atoms with Gasteiger partial charge in [-0.15, -0.1) is 0 Å². The number of hydrogen-bond acceptors (Lipinski definition) is 3. The number of sulfonamides is 1. The smallest absolute Gasteiger partial charge is 0.217 e. The Morgan fingerprint density at radius 1 is 1.38 bits per heavy atom. The van der Waals surface area contributed by atoms with E-state index in [1.165, 1.54) is 14.1 Å². The van der Waals surface area contributed by atoms with Gasteiger partial charge < -0.3 is 5.11 Å². The molecule has 0 bridgehead atoms. The second kappa shape index (κ2) is 4.51. The first-order valence-corrected chi connectivity index (χ1v) is 5.96. The zero-order chi connectivity index (χ0) is 10.9. The zero-order valence-electron chi connectivity index (χ0n) is 7.04. The van der Waals surface area contributed by atoms with Crippen LogP contribution in [0.3, 0.4) is 0 Å². The van der Waals surface area contributed by atoms with Crippen LogP contribution >= 0.6 is 34.8 Å². The van der Waals surface area contributed by atoms with Gasteiger partial charge in [-0.25, -0.2) is 12.7 Å². The van der Waals surface area contributed by atoms with Gasteiger partial charge in [-0.1, -0.05) is 34.8 Å². The summed E-state index contributed by atoms with van der Waals surface area (Å²) in [7, 11) is -0.883. The summed E-state index contributed by atoms with van der Waals surface area (Å²) < 4.78 is 21.3. The summed E-state index contributed by atoms with van der Waals surface area (Å²) in [6.07, 6.45) is -1.54. The molecule has 4 nitrogen and oxygen atoms in total. The third-order valence-corrected chi connectivity index (χ3v) is 3.91. The van der Waals surface area contributed by atoms with Crippen LogP contribution in [0.5, 0.6) is 0 Å². The SMILES string of the molecule is CN(C)S(=O)(=O)CC(O)C(Cl)(Cl)Cl. The number of rotatable bonds is 3. The molecule has 0 aliphatic carbocycles. The van der Waals surface area contributed by atoms with Gasteiger partial charge >= 0.3 is 0 Å². The van der Waals surface area contributed by atoms with Crippen molar-refractivity contribution in [1.82, 2.24) is 4.31 Å². The van der Waals surface area contributed by atoms with Crippen molar-refractivity contribution in [2.75, 3.05) is 19.8 Å². The summed E-state index contributed by atoms with van der Waals surface area (Å²) in [5.41, 5.74) is 0. The molecule has 0 aliphatic rings. The first kappa shape index (κ1) is 13.7. The topological polar surface area (TPSA) is 57.6 Å². The number of hydrogen-bond donors (Lipinski definition) is 1. The monoisotopic (exact) mass is 269 g/mol. The highest BCUT2D eigenvalue weighted by molar-refractivity contribution is 7.89. The van der Waals surface area contributed by atoms with Gasteiger partial charge in [0.1, 0.15) is 6.10 Å². The minimum Gasteiger partial charge on any atom is -0.388 e. The molecule has 0 amide bonds. The minimum atomic E-state index is -3.55. The van der Waals surface area contributed by atoms with Gasteiger partial charge in [-0.3, -0.25) is 0 Å². The lowest BCUT2D eigenvalue weighted by atomic mass is 10.5. The van der Waals surface area contributed by atoms with Gasteiger partial charge in [0.05, 0.1) is 5.75 Å². The van der Waals surface area contributed by atoms with E-state index in [4.69, 9.17) is 39.9 Å². The molecule has 1 N–H and O–H groups in total. The molecule has 0 aliphatic heterocycles. The molecule has 13 heavy (non-hydrogen) atoms. The second-order valence-electron chi connectivity index (χ2n) is 2.62. The fourth-order valence-corrected chi connectivity index (χ4v) is 1.90. The van der Waals surface area contributed by atoms with Gasteiger partial charge in [-0.2, -0.15) is 0 Å². The van der Waals surface area contributed by atoms with Crippen molar-refractivity contribution < 1.29 is 13.5 Å². The number of halogens is 3. The van der Waals surface area contributed by atoms with Crippen LogP contribution in [0.4, 0.5) is 0 Å². The van der Waals surface area contributed by atoms with E-state index in [1.807, 2.05) is 0 Å². The highest BCUT2D eigenvalue weighted by Crippen LogP contribution is 2.31. The van der Waals surface area contributed by atoms with Gasteiger partial charge in [0.25, 0.3) is 0 Å². The molecule has 1 atom stereocenters. The predicted molar refractivity (Wildman–Crippen MR) is 53.8 cm³/mol. The molecule has 1 unspecified atom stereocenters. The highest BCUT2D eigenvalue weighted by atomic mass is 35.6. The molecular formula is C5H10Cl3NO3S. The third-order valence-electron chi connectivity index (χ3n) is 1.30. The molecule has 0 aromatic heterocycles. The van der Waals surface area contributed by atoms with E-state index in [9.17, 15) is 8.42 Å². The lowest BCUT2D eigenvalue weighted by Crippen LogP contribution is -2.37. The van der Waals surface area contributed by atoms with E-state index in [0.29, 0.717) is 0 Å². The summed E-state index contributed by atoms with van der Waals surface area (Å²) >= 11 is 15.9. The third kappa shape index (κ3) is 4.67.